The third-order valence-corrected chi connectivity index (χ3v) is 3.54. The molecule has 1 atom stereocenters. The van der Waals surface area contributed by atoms with Crippen LogP contribution in [0.15, 0.2) is 12.1 Å². The van der Waals surface area contributed by atoms with Gasteiger partial charge in [-0.05, 0) is 50.6 Å². The fraction of sp³-hybridized carbons (Fsp3) is 0.500. The summed E-state index contributed by atoms with van der Waals surface area (Å²) in [5, 5.41) is 11.9. The highest BCUT2D eigenvalue weighted by molar-refractivity contribution is 5.74. The summed E-state index contributed by atoms with van der Waals surface area (Å²) in [5.74, 6) is -0.828. The van der Waals surface area contributed by atoms with Gasteiger partial charge in [-0.15, -0.1) is 0 Å². The first kappa shape index (κ1) is 14.5. The molecule has 1 rings (SSSR count). The summed E-state index contributed by atoms with van der Waals surface area (Å²) in [7, 11) is 3.59. The summed E-state index contributed by atoms with van der Waals surface area (Å²) in [6.07, 6.45) is 0. The normalized spacial score (nSPS) is 12.3. The third kappa shape index (κ3) is 3.01. The molecule has 0 bridgehead atoms. The van der Waals surface area contributed by atoms with Gasteiger partial charge in [0.15, 0.2) is 0 Å². The van der Waals surface area contributed by atoms with Gasteiger partial charge >= 0.3 is 5.97 Å². The minimum atomic E-state index is -0.828. The zero-order valence-electron chi connectivity index (χ0n) is 11.7. The number of hydrogen-bond acceptors (Lipinski definition) is 3. The Morgan fingerprint density at radius 1 is 1.33 bits per heavy atom. The number of hydrogen-bond donors (Lipinski definition) is 2. The topological polar surface area (TPSA) is 52.6 Å². The van der Waals surface area contributed by atoms with Crippen molar-refractivity contribution in [3.8, 4) is 0 Å². The van der Waals surface area contributed by atoms with E-state index in [1.807, 2.05) is 18.0 Å². The average Bonchev–Trinajstić information content (AvgIpc) is 2.32. The first-order valence-electron chi connectivity index (χ1n) is 6.06. The van der Waals surface area contributed by atoms with Crippen LogP contribution in [0.5, 0.6) is 0 Å². The zero-order chi connectivity index (χ0) is 13.9. The molecule has 1 unspecified atom stereocenters. The maximum absolute atomic E-state index is 11.0. The summed E-state index contributed by atoms with van der Waals surface area (Å²) >= 11 is 0. The Bertz CT molecular complexity index is 444. The van der Waals surface area contributed by atoms with E-state index in [9.17, 15) is 4.79 Å². The van der Waals surface area contributed by atoms with Crippen molar-refractivity contribution in [2.24, 2.45) is 0 Å². The van der Waals surface area contributed by atoms with Crippen LogP contribution in [0, 0.1) is 20.8 Å². The van der Waals surface area contributed by atoms with Gasteiger partial charge in [-0.25, -0.2) is 0 Å². The zero-order valence-corrected chi connectivity index (χ0v) is 11.7. The van der Waals surface area contributed by atoms with Crippen LogP contribution < -0.4 is 10.2 Å². The van der Waals surface area contributed by atoms with Crippen LogP contribution in [0.2, 0.25) is 0 Å². The maximum atomic E-state index is 11.0. The highest BCUT2D eigenvalue weighted by Gasteiger charge is 2.18. The molecule has 0 fully saturated rings. The van der Waals surface area contributed by atoms with E-state index in [4.69, 9.17) is 5.11 Å². The van der Waals surface area contributed by atoms with Crippen molar-refractivity contribution in [2.45, 2.75) is 26.8 Å². The van der Waals surface area contributed by atoms with Gasteiger partial charge in [-0.1, -0.05) is 6.07 Å². The monoisotopic (exact) mass is 250 g/mol. The fourth-order valence-corrected chi connectivity index (χ4v) is 2.02. The van der Waals surface area contributed by atoms with Crippen LogP contribution in [-0.2, 0) is 4.79 Å². The fourth-order valence-electron chi connectivity index (χ4n) is 2.02. The molecule has 0 aliphatic rings. The van der Waals surface area contributed by atoms with Crippen molar-refractivity contribution in [1.82, 2.24) is 5.32 Å². The molecule has 0 aliphatic heterocycles. The Kier molecular flexibility index (Phi) is 4.73. The van der Waals surface area contributed by atoms with Crippen molar-refractivity contribution in [3.63, 3.8) is 0 Å². The smallest absolute Gasteiger partial charge is 0.322 e. The number of aryl methyl sites for hydroxylation is 1. The molecule has 0 saturated carbocycles. The quantitative estimate of drug-likeness (QED) is 0.835. The second-order valence-corrected chi connectivity index (χ2v) is 4.71. The number of carbonyl (C=O) groups is 1. The maximum Gasteiger partial charge on any atom is 0.322 e. The molecule has 1 aromatic carbocycles. The summed E-state index contributed by atoms with van der Waals surface area (Å²) in [5.41, 5.74) is 4.81. The van der Waals surface area contributed by atoms with Crippen LogP contribution in [0.1, 0.15) is 16.7 Å². The Labute approximate surface area is 109 Å². The number of nitrogens with one attached hydrogen (secondary N) is 1. The van der Waals surface area contributed by atoms with Crippen molar-refractivity contribution >= 4 is 11.7 Å². The second kappa shape index (κ2) is 5.87. The molecule has 1 aromatic rings. The number of carboxylic acid groups (broad SMARTS) is 1. The van der Waals surface area contributed by atoms with Crippen molar-refractivity contribution < 1.29 is 9.90 Å². The minimum Gasteiger partial charge on any atom is -0.480 e. The van der Waals surface area contributed by atoms with Crippen molar-refractivity contribution in [1.29, 1.82) is 0 Å². The molecule has 18 heavy (non-hydrogen) atoms. The van der Waals surface area contributed by atoms with Gasteiger partial charge in [0.25, 0.3) is 0 Å². The van der Waals surface area contributed by atoms with Gasteiger partial charge < -0.3 is 15.3 Å². The molecule has 0 amide bonds. The largest absolute Gasteiger partial charge is 0.480 e. The Balaban J connectivity index is 2.94. The SMILES string of the molecule is CNC(CN(C)c1ccc(C)c(C)c1C)C(=O)O. The van der Waals surface area contributed by atoms with Crippen molar-refractivity contribution in [3.05, 3.63) is 28.8 Å². The third-order valence-electron chi connectivity index (χ3n) is 3.54. The van der Waals surface area contributed by atoms with E-state index >= 15 is 0 Å². The number of nitrogens with zero attached hydrogens (tertiary/aromatic N) is 1. The van der Waals surface area contributed by atoms with E-state index in [1.165, 1.54) is 16.7 Å². The molecule has 0 heterocycles. The molecular formula is C14H22N2O2. The number of carboxylic acids is 1. The van der Waals surface area contributed by atoms with E-state index in [0.29, 0.717) is 6.54 Å². The van der Waals surface area contributed by atoms with Crippen LogP contribution in [0.3, 0.4) is 0 Å². The van der Waals surface area contributed by atoms with Crippen LogP contribution in [-0.4, -0.2) is 37.8 Å². The Morgan fingerprint density at radius 3 is 2.44 bits per heavy atom. The molecule has 0 saturated heterocycles. The molecule has 100 valence electrons. The summed E-state index contributed by atoms with van der Waals surface area (Å²) < 4.78 is 0. The predicted molar refractivity (Wildman–Crippen MR) is 74.4 cm³/mol. The molecular weight excluding hydrogens is 228 g/mol. The van der Waals surface area contributed by atoms with Gasteiger partial charge in [0.2, 0.25) is 0 Å². The van der Waals surface area contributed by atoms with E-state index in [2.05, 4.69) is 32.2 Å². The van der Waals surface area contributed by atoms with Crippen LogP contribution in [0.4, 0.5) is 5.69 Å². The van der Waals surface area contributed by atoms with Crippen LogP contribution in [0.25, 0.3) is 0 Å². The molecule has 0 aromatic heterocycles. The lowest BCUT2D eigenvalue weighted by atomic mass is 10.0. The van der Waals surface area contributed by atoms with E-state index in [-0.39, 0.29) is 0 Å². The first-order chi connectivity index (χ1) is 8.38. The van der Waals surface area contributed by atoms with Gasteiger partial charge in [0, 0.05) is 19.3 Å². The number of anilines is 1. The van der Waals surface area contributed by atoms with Gasteiger partial charge in [0.05, 0.1) is 0 Å². The standard InChI is InChI=1S/C14H22N2O2/c1-9-6-7-13(11(3)10(9)2)16(5)8-12(15-4)14(17)18/h6-7,12,15H,8H2,1-5H3,(H,17,18). The molecule has 2 N–H and O–H groups in total. The predicted octanol–water partition coefficient (Wildman–Crippen LogP) is 1.72. The van der Waals surface area contributed by atoms with Gasteiger partial charge in [-0.2, -0.15) is 0 Å². The molecule has 4 heteroatoms. The number of likely N-dealkylation sites (N-methyl/N-ethyl adjacent to an activating group) is 2. The van der Waals surface area contributed by atoms with E-state index in [0.717, 1.165) is 5.69 Å². The number of benzene rings is 1. The van der Waals surface area contributed by atoms with Crippen molar-refractivity contribution in [2.75, 3.05) is 25.5 Å². The second-order valence-electron chi connectivity index (χ2n) is 4.71. The highest BCUT2D eigenvalue weighted by Crippen LogP contribution is 2.24. The summed E-state index contributed by atoms with van der Waals surface area (Å²) in [4.78, 5) is 13.0. The lowest BCUT2D eigenvalue weighted by molar-refractivity contribution is -0.139. The first-order valence-corrected chi connectivity index (χ1v) is 6.06. The van der Waals surface area contributed by atoms with Gasteiger partial charge in [-0.3, -0.25) is 4.79 Å². The summed E-state index contributed by atoms with van der Waals surface area (Å²) in [6, 6.07) is 3.56. The Hall–Kier alpha value is -1.55. The molecule has 0 radical (unpaired) electrons. The van der Waals surface area contributed by atoms with Crippen LogP contribution >= 0.6 is 0 Å². The Morgan fingerprint density at radius 2 is 1.94 bits per heavy atom. The summed E-state index contributed by atoms with van der Waals surface area (Å²) in [6.45, 7) is 6.69. The van der Waals surface area contributed by atoms with E-state index < -0.39 is 12.0 Å². The molecule has 0 spiro atoms. The highest BCUT2D eigenvalue weighted by atomic mass is 16.4. The lowest BCUT2D eigenvalue weighted by Gasteiger charge is -2.26. The molecule has 0 aliphatic carbocycles. The van der Waals surface area contributed by atoms with E-state index in [1.54, 1.807) is 7.05 Å². The average molecular weight is 250 g/mol. The number of aliphatic carboxylic acids is 1. The van der Waals surface area contributed by atoms with Gasteiger partial charge in [0.1, 0.15) is 6.04 Å². The molecule has 4 nitrogen and oxygen atoms in total. The lowest BCUT2D eigenvalue weighted by Crippen LogP contribution is -2.43. The number of rotatable bonds is 5. The minimum absolute atomic E-state index is 0.440.